The highest BCUT2D eigenvalue weighted by Crippen LogP contribution is 2.24. The van der Waals surface area contributed by atoms with Gasteiger partial charge in [-0.15, -0.1) is 0 Å². The van der Waals surface area contributed by atoms with Crippen molar-refractivity contribution in [1.82, 2.24) is 15.5 Å². The Balaban J connectivity index is 1.72. The summed E-state index contributed by atoms with van der Waals surface area (Å²) in [5.74, 6) is -2.42. The van der Waals surface area contributed by atoms with Gasteiger partial charge in [0.15, 0.2) is 0 Å². The Morgan fingerprint density at radius 2 is 1.74 bits per heavy atom. The molecule has 2 aromatic carbocycles. The summed E-state index contributed by atoms with van der Waals surface area (Å²) < 4.78 is 6.13. The van der Waals surface area contributed by atoms with Crippen molar-refractivity contribution < 1.29 is 23.9 Å². The maximum absolute atomic E-state index is 13.8. The predicted octanol–water partition coefficient (Wildman–Crippen LogP) is 3.69. The van der Waals surface area contributed by atoms with Crippen molar-refractivity contribution >= 4 is 35.1 Å². The van der Waals surface area contributed by atoms with Crippen LogP contribution in [0, 0.1) is 5.41 Å². The molecule has 0 unspecified atom stereocenters. The molecule has 10 nitrogen and oxygen atoms in total. The first-order valence-corrected chi connectivity index (χ1v) is 16.7. The molecule has 0 spiro atoms. The molecule has 0 aromatic heterocycles. The molecule has 3 rings (SSSR count). The van der Waals surface area contributed by atoms with Crippen LogP contribution in [0.2, 0.25) is 5.02 Å². The molecule has 0 radical (unpaired) electrons. The summed E-state index contributed by atoms with van der Waals surface area (Å²) in [5.41, 5.74) is 13.8. The number of hydrogen-bond donors (Lipinski definition) is 4. The fraction of sp³-hybridized carbons (Fsp3) is 0.500. The van der Waals surface area contributed by atoms with Gasteiger partial charge in [-0.25, -0.2) is 0 Å². The first kappa shape index (κ1) is 37.9. The van der Waals surface area contributed by atoms with E-state index in [-0.39, 0.29) is 43.9 Å². The number of amides is 3. The Labute approximate surface area is 283 Å². The van der Waals surface area contributed by atoms with Crippen molar-refractivity contribution in [3.05, 3.63) is 82.9 Å². The number of Topliss-reactive ketones (excluding diaryl/α,β-unsaturated/α-hetero) is 1. The van der Waals surface area contributed by atoms with E-state index < -0.39 is 41.8 Å². The third-order valence-electron chi connectivity index (χ3n) is 7.92. The van der Waals surface area contributed by atoms with Crippen LogP contribution in [0.15, 0.2) is 66.7 Å². The Kier molecular flexibility index (Phi) is 15.1. The number of benzene rings is 2. The van der Waals surface area contributed by atoms with Crippen LogP contribution in [-0.2, 0) is 36.9 Å². The smallest absolute Gasteiger partial charge is 0.289 e. The molecule has 1 heterocycles. The number of nitrogens with one attached hydrogen (secondary N) is 2. The number of rotatable bonds is 17. The summed E-state index contributed by atoms with van der Waals surface area (Å²) in [6, 6.07) is 14.0. The van der Waals surface area contributed by atoms with Crippen molar-refractivity contribution in [3.63, 3.8) is 0 Å². The average Bonchev–Trinajstić information content (AvgIpc) is 3.47. The van der Waals surface area contributed by atoms with Crippen LogP contribution in [0.5, 0.6) is 0 Å². The summed E-state index contributed by atoms with van der Waals surface area (Å²) in [5, 5.41) is 6.07. The van der Waals surface area contributed by atoms with Gasteiger partial charge in [-0.3, -0.25) is 19.2 Å². The van der Waals surface area contributed by atoms with Crippen LogP contribution in [0.25, 0.3) is 0 Å². The Morgan fingerprint density at radius 1 is 1.04 bits per heavy atom. The summed E-state index contributed by atoms with van der Waals surface area (Å²) in [6.07, 6.45) is 5.91. The molecule has 11 heteroatoms. The number of allylic oxidation sites excluding steroid dienone is 1. The molecule has 47 heavy (non-hydrogen) atoms. The van der Waals surface area contributed by atoms with Crippen LogP contribution in [0.3, 0.4) is 0 Å². The highest BCUT2D eigenvalue weighted by molar-refractivity contribution is 6.38. The second-order valence-corrected chi connectivity index (χ2v) is 13.5. The molecule has 0 aliphatic carbocycles. The van der Waals surface area contributed by atoms with Gasteiger partial charge in [-0.2, -0.15) is 0 Å². The van der Waals surface area contributed by atoms with E-state index in [1.54, 1.807) is 12.1 Å². The molecule has 1 aliphatic heterocycles. The predicted molar refractivity (Wildman–Crippen MR) is 184 cm³/mol. The summed E-state index contributed by atoms with van der Waals surface area (Å²) in [4.78, 5) is 55.1. The summed E-state index contributed by atoms with van der Waals surface area (Å²) in [7, 11) is 0. The van der Waals surface area contributed by atoms with Gasteiger partial charge < -0.3 is 31.7 Å². The number of nitrogens with two attached hydrogens (primary N) is 2. The minimum Gasteiger partial charge on any atom is -0.372 e. The second-order valence-electron chi connectivity index (χ2n) is 13.1. The first-order valence-electron chi connectivity index (χ1n) is 16.3. The lowest BCUT2D eigenvalue weighted by Crippen LogP contribution is -2.55. The number of ketones is 1. The van der Waals surface area contributed by atoms with E-state index in [9.17, 15) is 19.2 Å². The molecular formula is C36H50ClN5O5. The third kappa shape index (κ3) is 12.9. The monoisotopic (exact) mass is 667 g/mol. The first-order chi connectivity index (χ1) is 22.4. The molecular weight excluding hydrogens is 618 g/mol. The zero-order valence-corrected chi connectivity index (χ0v) is 28.5. The Bertz CT molecular complexity index is 1350. The van der Waals surface area contributed by atoms with E-state index >= 15 is 0 Å². The molecule has 2 aromatic rings. The van der Waals surface area contributed by atoms with Crippen molar-refractivity contribution in [1.29, 1.82) is 0 Å². The SMILES string of the molecule is CC(C)(C)/C=C/C[C@@H](N)C(=O)N1C[C@H](OCc2ccc(Cl)cc2)C[C@H]1C(=O)N[C@@H](CCCCN)C(=O)C(=O)NCCc1ccccc1. The normalized spacial score (nSPS) is 17.8. The quantitative estimate of drug-likeness (QED) is 0.114. The molecule has 0 saturated carbocycles. The van der Waals surface area contributed by atoms with Crippen LogP contribution < -0.4 is 22.1 Å². The van der Waals surface area contributed by atoms with Crippen LogP contribution >= 0.6 is 11.6 Å². The van der Waals surface area contributed by atoms with Crippen molar-refractivity contribution in [3.8, 4) is 0 Å². The maximum atomic E-state index is 13.8. The van der Waals surface area contributed by atoms with Crippen LogP contribution in [-0.4, -0.2) is 72.3 Å². The number of hydrogen-bond acceptors (Lipinski definition) is 7. The number of ether oxygens (including phenoxy) is 1. The van der Waals surface area contributed by atoms with Crippen molar-refractivity contribution in [2.45, 2.75) is 90.1 Å². The fourth-order valence-electron chi connectivity index (χ4n) is 5.33. The Hall–Kier alpha value is -3.57. The van der Waals surface area contributed by atoms with Gasteiger partial charge >= 0.3 is 0 Å². The highest BCUT2D eigenvalue weighted by atomic mass is 35.5. The average molecular weight is 668 g/mol. The number of likely N-dealkylation sites (tertiary alicyclic amines) is 1. The van der Waals surface area contributed by atoms with Crippen molar-refractivity contribution in [2.75, 3.05) is 19.6 Å². The van der Waals surface area contributed by atoms with Gasteiger partial charge in [0.05, 0.1) is 24.8 Å². The largest absolute Gasteiger partial charge is 0.372 e. The molecule has 1 aliphatic rings. The number of nitrogens with zero attached hydrogens (tertiary/aromatic N) is 1. The lowest BCUT2D eigenvalue weighted by atomic mass is 9.95. The molecule has 1 fully saturated rings. The van der Waals surface area contributed by atoms with E-state index in [1.165, 1.54) is 4.90 Å². The van der Waals surface area contributed by atoms with Crippen LogP contribution in [0.1, 0.15) is 64.0 Å². The van der Waals surface area contributed by atoms with Gasteiger partial charge in [0.2, 0.25) is 17.6 Å². The second kappa shape index (κ2) is 18.7. The maximum Gasteiger partial charge on any atom is 0.289 e. The molecule has 256 valence electrons. The molecule has 6 N–H and O–H groups in total. The van der Waals surface area contributed by atoms with Crippen molar-refractivity contribution in [2.24, 2.45) is 16.9 Å². The van der Waals surface area contributed by atoms with E-state index in [0.717, 1.165) is 11.1 Å². The van der Waals surface area contributed by atoms with Crippen LogP contribution in [0.4, 0.5) is 0 Å². The van der Waals surface area contributed by atoms with E-state index in [0.29, 0.717) is 37.3 Å². The fourth-order valence-corrected chi connectivity index (χ4v) is 5.45. The van der Waals surface area contributed by atoms with Gasteiger partial charge in [-0.1, -0.05) is 87.0 Å². The standard InChI is InChI=1S/C36H50ClN5O5/c1-36(2,3)19-9-12-29(39)35(46)42-23-28(47-24-26-14-16-27(37)17-15-26)22-31(42)33(44)41-30(13-7-8-20-38)32(43)34(45)40-21-18-25-10-5-4-6-11-25/h4-6,9-11,14-17,19,28-31H,7-8,12-13,18,20-24,38-39H2,1-3H3,(H,40,45)(H,41,44)/b19-9+/t28-,29-,30+,31+/m1/s1. The summed E-state index contributed by atoms with van der Waals surface area (Å²) in [6.45, 7) is 7.27. The van der Waals surface area contributed by atoms with Gasteiger partial charge in [0.1, 0.15) is 6.04 Å². The van der Waals surface area contributed by atoms with E-state index in [1.807, 2.05) is 54.6 Å². The van der Waals surface area contributed by atoms with E-state index in [4.69, 9.17) is 27.8 Å². The molecule has 0 bridgehead atoms. The highest BCUT2D eigenvalue weighted by Gasteiger charge is 2.42. The third-order valence-corrected chi connectivity index (χ3v) is 8.17. The van der Waals surface area contributed by atoms with Gasteiger partial charge in [-0.05, 0) is 67.3 Å². The number of carbonyl (C=O) groups excluding carboxylic acids is 4. The Morgan fingerprint density at radius 3 is 2.40 bits per heavy atom. The van der Waals surface area contributed by atoms with Gasteiger partial charge in [0.25, 0.3) is 5.91 Å². The lowest BCUT2D eigenvalue weighted by molar-refractivity contribution is -0.142. The molecule has 1 saturated heterocycles. The summed E-state index contributed by atoms with van der Waals surface area (Å²) >= 11 is 6.01. The van der Waals surface area contributed by atoms with Gasteiger partial charge in [0, 0.05) is 24.5 Å². The molecule has 4 atom stereocenters. The molecule has 3 amide bonds. The minimum atomic E-state index is -1.07. The zero-order valence-electron chi connectivity index (χ0n) is 27.8. The number of halogens is 1. The topological polar surface area (TPSA) is 157 Å². The number of carbonyl (C=O) groups is 4. The zero-order chi connectivity index (χ0) is 34.4. The number of unbranched alkanes of at least 4 members (excludes halogenated alkanes) is 1. The minimum absolute atomic E-state index is 0.0707. The lowest BCUT2D eigenvalue weighted by Gasteiger charge is -2.28. The van der Waals surface area contributed by atoms with E-state index in [2.05, 4.69) is 31.4 Å².